The molecule has 2 aromatic rings. The van der Waals surface area contributed by atoms with E-state index in [2.05, 4.69) is 0 Å². The van der Waals surface area contributed by atoms with Crippen LogP contribution >= 0.6 is 0 Å². The Bertz CT molecular complexity index is 676. The normalized spacial score (nSPS) is 11.5. The maximum atomic E-state index is 12.5. The van der Waals surface area contributed by atoms with Crippen molar-refractivity contribution in [2.75, 3.05) is 0 Å². The van der Waals surface area contributed by atoms with Gasteiger partial charge in [-0.25, -0.2) is 8.42 Å². The molecule has 5 heteroatoms. The first-order valence-electron chi connectivity index (χ1n) is 5.66. The minimum absolute atomic E-state index is 0.201. The Morgan fingerprint density at radius 3 is 1.53 bits per heavy atom. The molecule has 0 unspecified atom stereocenters. The Balaban J connectivity index is 2.72. The number of hydrogen-bond donors (Lipinski definition) is 2. The molecular formula is C14H14O4S. The molecule has 0 radical (unpaired) electrons. The van der Waals surface area contributed by atoms with Gasteiger partial charge in [-0.15, -0.1) is 0 Å². The van der Waals surface area contributed by atoms with Crippen molar-refractivity contribution in [3.05, 3.63) is 47.5 Å². The second-order valence-corrected chi connectivity index (χ2v) is 6.33. The largest absolute Gasteiger partial charge is 0.507 e. The summed E-state index contributed by atoms with van der Waals surface area (Å²) in [6.07, 6.45) is 0. The first-order chi connectivity index (χ1) is 8.82. The Kier molecular flexibility index (Phi) is 3.24. The molecule has 0 aliphatic rings. The summed E-state index contributed by atoms with van der Waals surface area (Å²) < 4.78 is 24.9. The molecule has 0 saturated heterocycles. The second-order valence-electron chi connectivity index (χ2n) is 4.45. The molecule has 0 spiro atoms. The van der Waals surface area contributed by atoms with E-state index in [1.807, 2.05) is 0 Å². The smallest absolute Gasteiger partial charge is 0.213 e. The van der Waals surface area contributed by atoms with Gasteiger partial charge in [0.2, 0.25) is 9.84 Å². The van der Waals surface area contributed by atoms with Gasteiger partial charge in [0.1, 0.15) is 21.3 Å². The summed E-state index contributed by atoms with van der Waals surface area (Å²) in [5.74, 6) is -0.655. The molecule has 0 aromatic heterocycles. The Morgan fingerprint density at radius 2 is 1.16 bits per heavy atom. The number of benzene rings is 2. The highest BCUT2D eigenvalue weighted by Crippen LogP contribution is 2.34. The third kappa shape index (κ3) is 2.42. The summed E-state index contributed by atoms with van der Waals surface area (Å²) in [7, 11) is -3.95. The van der Waals surface area contributed by atoms with Crippen LogP contribution in [0.2, 0.25) is 0 Å². The van der Waals surface area contributed by atoms with Crippen molar-refractivity contribution in [2.24, 2.45) is 0 Å². The van der Waals surface area contributed by atoms with Crippen molar-refractivity contribution in [2.45, 2.75) is 23.6 Å². The molecule has 0 atom stereocenters. The molecule has 19 heavy (non-hydrogen) atoms. The number of rotatable bonds is 2. The zero-order chi connectivity index (χ0) is 14.2. The van der Waals surface area contributed by atoms with Crippen LogP contribution in [0.4, 0.5) is 0 Å². The van der Waals surface area contributed by atoms with Gasteiger partial charge < -0.3 is 10.2 Å². The summed E-state index contributed by atoms with van der Waals surface area (Å²) in [6.45, 7) is 3.46. The summed E-state index contributed by atoms with van der Waals surface area (Å²) in [5.41, 5.74) is 1.42. The molecule has 0 heterocycles. The van der Waals surface area contributed by atoms with Gasteiger partial charge in [-0.1, -0.05) is 12.1 Å². The fourth-order valence-electron chi connectivity index (χ4n) is 1.79. The highest BCUT2D eigenvalue weighted by molar-refractivity contribution is 7.91. The van der Waals surface area contributed by atoms with Gasteiger partial charge in [0.15, 0.2) is 0 Å². The molecule has 0 aliphatic heterocycles. The van der Waals surface area contributed by atoms with Gasteiger partial charge in [-0.3, -0.25) is 0 Å². The molecule has 0 bridgehead atoms. The standard InChI is InChI=1S/C14H14O4S/c1-9-3-5-11(15)13(7-9)19(17,18)14-8-10(2)4-6-12(14)16/h3-8,15-16H,1-2H3. The van der Waals surface area contributed by atoms with Crippen LogP contribution in [-0.2, 0) is 9.84 Å². The second kappa shape index (κ2) is 4.59. The number of hydrogen-bond acceptors (Lipinski definition) is 4. The summed E-state index contributed by atoms with van der Waals surface area (Å²) in [4.78, 5) is -0.401. The van der Waals surface area contributed by atoms with Crippen molar-refractivity contribution in [1.82, 2.24) is 0 Å². The highest BCUT2D eigenvalue weighted by Gasteiger charge is 2.24. The van der Waals surface area contributed by atoms with E-state index in [4.69, 9.17) is 0 Å². The molecule has 0 aliphatic carbocycles. The minimum atomic E-state index is -3.95. The van der Waals surface area contributed by atoms with Crippen molar-refractivity contribution in [3.63, 3.8) is 0 Å². The Labute approximate surface area is 111 Å². The lowest BCUT2D eigenvalue weighted by atomic mass is 10.2. The van der Waals surface area contributed by atoms with E-state index in [9.17, 15) is 18.6 Å². The van der Waals surface area contributed by atoms with Crippen molar-refractivity contribution >= 4 is 9.84 Å². The van der Waals surface area contributed by atoms with E-state index in [0.29, 0.717) is 11.1 Å². The van der Waals surface area contributed by atoms with E-state index < -0.39 is 9.84 Å². The fraction of sp³-hybridized carbons (Fsp3) is 0.143. The number of aryl methyl sites for hydroxylation is 2. The SMILES string of the molecule is Cc1ccc(O)c(S(=O)(=O)c2cc(C)ccc2O)c1. The quantitative estimate of drug-likeness (QED) is 0.885. The van der Waals surface area contributed by atoms with Crippen LogP contribution < -0.4 is 0 Å². The van der Waals surface area contributed by atoms with Crippen LogP contribution in [0.3, 0.4) is 0 Å². The lowest BCUT2D eigenvalue weighted by molar-refractivity contribution is 0.452. The third-order valence-corrected chi connectivity index (χ3v) is 4.62. The number of aromatic hydroxyl groups is 2. The van der Waals surface area contributed by atoms with Crippen molar-refractivity contribution in [3.8, 4) is 11.5 Å². The van der Waals surface area contributed by atoms with E-state index in [1.54, 1.807) is 26.0 Å². The van der Waals surface area contributed by atoms with Crippen LogP contribution in [0, 0.1) is 13.8 Å². The lowest BCUT2D eigenvalue weighted by Crippen LogP contribution is -2.03. The fourth-order valence-corrected chi connectivity index (χ4v) is 3.40. The maximum absolute atomic E-state index is 12.5. The number of phenolic OH excluding ortho intramolecular Hbond substituents is 2. The average molecular weight is 278 g/mol. The molecule has 2 N–H and O–H groups in total. The molecular weight excluding hydrogens is 264 g/mol. The predicted molar refractivity (Wildman–Crippen MR) is 71.1 cm³/mol. The van der Waals surface area contributed by atoms with Gasteiger partial charge in [0, 0.05) is 0 Å². The van der Waals surface area contributed by atoms with Gasteiger partial charge in [0.05, 0.1) is 0 Å². The van der Waals surface area contributed by atoms with Crippen LogP contribution in [0.1, 0.15) is 11.1 Å². The monoisotopic (exact) mass is 278 g/mol. The number of phenols is 2. The first-order valence-corrected chi connectivity index (χ1v) is 7.15. The zero-order valence-electron chi connectivity index (χ0n) is 10.6. The van der Waals surface area contributed by atoms with Crippen molar-refractivity contribution < 1.29 is 18.6 Å². The lowest BCUT2D eigenvalue weighted by Gasteiger charge is -2.10. The molecule has 2 aromatic carbocycles. The van der Waals surface area contributed by atoms with Gasteiger partial charge in [0.25, 0.3) is 0 Å². The summed E-state index contributed by atoms with van der Waals surface area (Å²) in [6, 6.07) is 8.65. The van der Waals surface area contributed by atoms with E-state index in [1.165, 1.54) is 24.3 Å². The predicted octanol–water partition coefficient (Wildman–Crippen LogP) is 2.55. The molecule has 0 fully saturated rings. The van der Waals surface area contributed by atoms with E-state index in [-0.39, 0.29) is 21.3 Å². The molecule has 4 nitrogen and oxygen atoms in total. The highest BCUT2D eigenvalue weighted by atomic mass is 32.2. The van der Waals surface area contributed by atoms with Gasteiger partial charge in [-0.05, 0) is 49.2 Å². The maximum Gasteiger partial charge on any atom is 0.213 e. The molecule has 2 rings (SSSR count). The van der Waals surface area contributed by atoms with Crippen LogP contribution in [0.5, 0.6) is 11.5 Å². The van der Waals surface area contributed by atoms with Crippen LogP contribution in [0.15, 0.2) is 46.2 Å². The van der Waals surface area contributed by atoms with Crippen LogP contribution in [-0.4, -0.2) is 18.6 Å². The summed E-state index contributed by atoms with van der Waals surface area (Å²) >= 11 is 0. The van der Waals surface area contributed by atoms with Crippen LogP contribution in [0.25, 0.3) is 0 Å². The summed E-state index contributed by atoms with van der Waals surface area (Å²) in [5, 5.41) is 19.5. The van der Waals surface area contributed by atoms with Crippen molar-refractivity contribution in [1.29, 1.82) is 0 Å². The number of sulfone groups is 1. The topological polar surface area (TPSA) is 74.6 Å². The third-order valence-electron chi connectivity index (χ3n) is 2.81. The Hall–Kier alpha value is -2.01. The van der Waals surface area contributed by atoms with E-state index >= 15 is 0 Å². The minimum Gasteiger partial charge on any atom is -0.507 e. The Morgan fingerprint density at radius 1 is 0.789 bits per heavy atom. The zero-order valence-corrected chi connectivity index (χ0v) is 11.4. The van der Waals surface area contributed by atoms with Gasteiger partial charge >= 0.3 is 0 Å². The molecule has 0 saturated carbocycles. The first kappa shape index (κ1) is 13.4. The molecule has 100 valence electrons. The average Bonchev–Trinajstić information content (AvgIpc) is 2.35. The van der Waals surface area contributed by atoms with Gasteiger partial charge in [-0.2, -0.15) is 0 Å². The molecule has 0 amide bonds. The van der Waals surface area contributed by atoms with E-state index in [0.717, 1.165) is 0 Å².